The van der Waals surface area contributed by atoms with Gasteiger partial charge in [-0.2, -0.15) is 0 Å². The lowest BCUT2D eigenvalue weighted by Gasteiger charge is -2.05. The van der Waals surface area contributed by atoms with E-state index in [9.17, 15) is 0 Å². The molecule has 0 fully saturated rings. The van der Waals surface area contributed by atoms with Crippen LogP contribution in [0, 0.1) is 0 Å². The molecule has 2 heterocycles. The predicted molar refractivity (Wildman–Crippen MR) is 71.4 cm³/mol. The molecule has 0 aliphatic carbocycles. The summed E-state index contributed by atoms with van der Waals surface area (Å²) < 4.78 is 11.2. The molecule has 0 N–H and O–H groups in total. The molecule has 4 rings (SSSR count). The van der Waals surface area contributed by atoms with Gasteiger partial charge in [-0.1, -0.05) is 24.3 Å². The van der Waals surface area contributed by atoms with Gasteiger partial charge in [0.15, 0.2) is 0 Å². The van der Waals surface area contributed by atoms with E-state index in [-0.39, 0.29) is 0 Å². The van der Waals surface area contributed by atoms with E-state index in [1.165, 1.54) is 5.39 Å². The average Bonchev–Trinajstić information content (AvgIpc) is 3.06. The third kappa shape index (κ3) is 1.23. The predicted octanol–water partition coefficient (Wildman–Crippen LogP) is 4.85. The fourth-order valence-electron chi connectivity index (χ4n) is 2.44. The third-order valence-electron chi connectivity index (χ3n) is 3.23. The Morgan fingerprint density at radius 1 is 0.722 bits per heavy atom. The average molecular weight is 234 g/mol. The van der Waals surface area contributed by atoms with Crippen molar-refractivity contribution in [2.75, 3.05) is 0 Å². The zero-order valence-electron chi connectivity index (χ0n) is 9.59. The van der Waals surface area contributed by atoms with Crippen LogP contribution in [0.2, 0.25) is 0 Å². The summed E-state index contributed by atoms with van der Waals surface area (Å²) >= 11 is 0. The molecule has 0 aliphatic rings. The van der Waals surface area contributed by atoms with E-state index in [0.29, 0.717) is 0 Å². The Kier molecular flexibility index (Phi) is 1.86. The van der Waals surface area contributed by atoms with Gasteiger partial charge in [-0.25, -0.2) is 0 Å². The van der Waals surface area contributed by atoms with Crippen LogP contribution < -0.4 is 0 Å². The summed E-state index contributed by atoms with van der Waals surface area (Å²) in [5.41, 5.74) is 1.90. The molecule has 4 aromatic rings. The minimum Gasteiger partial charge on any atom is -0.464 e. The van der Waals surface area contributed by atoms with Gasteiger partial charge in [-0.15, -0.1) is 0 Å². The Morgan fingerprint density at radius 2 is 1.67 bits per heavy atom. The smallest absolute Gasteiger partial charge is 0.145 e. The lowest BCUT2D eigenvalue weighted by Crippen LogP contribution is -1.80. The second-order valence-corrected chi connectivity index (χ2v) is 4.29. The first-order chi connectivity index (χ1) is 8.93. The topological polar surface area (TPSA) is 26.3 Å². The summed E-state index contributed by atoms with van der Waals surface area (Å²) in [4.78, 5) is 0. The first-order valence-electron chi connectivity index (χ1n) is 5.86. The van der Waals surface area contributed by atoms with E-state index in [4.69, 9.17) is 8.83 Å². The highest BCUT2D eigenvalue weighted by molar-refractivity contribution is 6.09. The summed E-state index contributed by atoms with van der Waals surface area (Å²) in [6.45, 7) is 0. The van der Waals surface area contributed by atoms with Crippen LogP contribution in [0.1, 0.15) is 0 Å². The van der Waals surface area contributed by atoms with E-state index < -0.39 is 0 Å². The van der Waals surface area contributed by atoms with Crippen molar-refractivity contribution < 1.29 is 8.83 Å². The Balaban J connectivity index is 2.27. The van der Waals surface area contributed by atoms with Crippen LogP contribution >= 0.6 is 0 Å². The van der Waals surface area contributed by atoms with Gasteiger partial charge in [0.05, 0.1) is 18.1 Å². The maximum absolute atomic E-state index is 5.62. The summed E-state index contributed by atoms with van der Waals surface area (Å²) in [7, 11) is 0. The van der Waals surface area contributed by atoms with Crippen LogP contribution in [0.3, 0.4) is 0 Å². The maximum Gasteiger partial charge on any atom is 0.145 e. The van der Waals surface area contributed by atoms with Crippen molar-refractivity contribution in [1.82, 2.24) is 0 Å². The van der Waals surface area contributed by atoms with Gasteiger partial charge in [0.25, 0.3) is 0 Å². The third-order valence-corrected chi connectivity index (χ3v) is 3.23. The summed E-state index contributed by atoms with van der Waals surface area (Å²) in [6.07, 6.45) is 3.40. The molecular formula is C16H10O2. The molecule has 18 heavy (non-hydrogen) atoms. The Morgan fingerprint density at radius 3 is 2.56 bits per heavy atom. The molecule has 0 atom stereocenters. The Bertz CT molecular complexity index is 823. The van der Waals surface area contributed by atoms with Crippen LogP contribution in [0.5, 0.6) is 0 Å². The van der Waals surface area contributed by atoms with Gasteiger partial charge < -0.3 is 8.83 Å². The molecule has 0 amide bonds. The van der Waals surface area contributed by atoms with Crippen LogP contribution in [-0.4, -0.2) is 0 Å². The normalized spacial score (nSPS) is 11.3. The molecule has 0 bridgehead atoms. The molecular weight excluding hydrogens is 224 g/mol. The van der Waals surface area contributed by atoms with Crippen molar-refractivity contribution in [3.63, 3.8) is 0 Å². The quantitative estimate of drug-likeness (QED) is 0.470. The SMILES string of the molecule is c1coc(-c2c3ccccc3cc3ccoc23)c1. The molecule has 0 radical (unpaired) electrons. The van der Waals surface area contributed by atoms with Crippen LogP contribution in [0.4, 0.5) is 0 Å². The largest absolute Gasteiger partial charge is 0.464 e. The molecule has 0 saturated carbocycles. The van der Waals surface area contributed by atoms with E-state index >= 15 is 0 Å². The highest BCUT2D eigenvalue weighted by Crippen LogP contribution is 2.36. The van der Waals surface area contributed by atoms with E-state index in [0.717, 1.165) is 27.7 Å². The molecule has 2 aromatic heterocycles. The number of hydrogen-bond acceptors (Lipinski definition) is 2. The van der Waals surface area contributed by atoms with Crippen molar-refractivity contribution in [3.05, 3.63) is 61.1 Å². The lowest BCUT2D eigenvalue weighted by atomic mass is 10.0. The first kappa shape index (κ1) is 9.54. The summed E-state index contributed by atoms with van der Waals surface area (Å²) in [6, 6.07) is 16.2. The molecule has 86 valence electrons. The van der Waals surface area contributed by atoms with Crippen molar-refractivity contribution in [3.8, 4) is 11.3 Å². The molecule has 2 aromatic carbocycles. The molecule has 0 saturated heterocycles. The van der Waals surface area contributed by atoms with Gasteiger partial charge in [-0.3, -0.25) is 0 Å². The molecule has 0 unspecified atom stereocenters. The minimum absolute atomic E-state index is 0.840. The van der Waals surface area contributed by atoms with Crippen molar-refractivity contribution >= 4 is 21.7 Å². The second kappa shape index (κ2) is 3.50. The van der Waals surface area contributed by atoms with Gasteiger partial charge in [-0.05, 0) is 35.0 Å². The first-order valence-corrected chi connectivity index (χ1v) is 5.86. The number of rotatable bonds is 1. The minimum atomic E-state index is 0.840. The zero-order valence-corrected chi connectivity index (χ0v) is 9.59. The number of fused-ring (bicyclic) bond motifs is 2. The van der Waals surface area contributed by atoms with Crippen molar-refractivity contribution in [2.45, 2.75) is 0 Å². The van der Waals surface area contributed by atoms with Crippen molar-refractivity contribution in [1.29, 1.82) is 0 Å². The lowest BCUT2D eigenvalue weighted by molar-refractivity contribution is 0.578. The monoisotopic (exact) mass is 234 g/mol. The Hall–Kier alpha value is -2.48. The van der Waals surface area contributed by atoms with E-state index in [1.54, 1.807) is 12.5 Å². The van der Waals surface area contributed by atoms with Crippen LogP contribution in [-0.2, 0) is 0 Å². The molecule has 2 heteroatoms. The highest BCUT2D eigenvalue weighted by Gasteiger charge is 2.13. The molecule has 0 aliphatic heterocycles. The van der Waals surface area contributed by atoms with Gasteiger partial charge in [0.2, 0.25) is 0 Å². The van der Waals surface area contributed by atoms with Crippen LogP contribution in [0.15, 0.2) is 69.9 Å². The van der Waals surface area contributed by atoms with Crippen LogP contribution in [0.25, 0.3) is 33.1 Å². The molecule has 0 spiro atoms. The number of benzene rings is 2. The van der Waals surface area contributed by atoms with Gasteiger partial charge in [0, 0.05) is 5.39 Å². The standard InChI is InChI=1S/C16H10O2/c1-2-5-13-11(4-1)10-12-7-9-18-16(12)15(13)14-6-3-8-17-14/h1-10H. The van der Waals surface area contributed by atoms with E-state index in [1.807, 2.05) is 30.3 Å². The highest BCUT2D eigenvalue weighted by atomic mass is 16.3. The fraction of sp³-hybridized carbons (Fsp3) is 0. The van der Waals surface area contributed by atoms with Crippen molar-refractivity contribution in [2.24, 2.45) is 0 Å². The van der Waals surface area contributed by atoms with E-state index in [2.05, 4.69) is 18.2 Å². The summed E-state index contributed by atoms with van der Waals surface area (Å²) in [5, 5.41) is 3.44. The second-order valence-electron chi connectivity index (χ2n) is 4.29. The Labute approximate surface area is 103 Å². The summed E-state index contributed by atoms with van der Waals surface area (Å²) in [5.74, 6) is 0.840. The fourth-order valence-corrected chi connectivity index (χ4v) is 2.44. The number of hydrogen-bond donors (Lipinski definition) is 0. The zero-order chi connectivity index (χ0) is 11.9. The molecule has 2 nitrogen and oxygen atoms in total. The van der Waals surface area contributed by atoms with Gasteiger partial charge in [0.1, 0.15) is 11.3 Å². The maximum atomic E-state index is 5.62. The van der Waals surface area contributed by atoms with Gasteiger partial charge >= 0.3 is 0 Å². The number of furan rings is 2.